The number of carboxylic acids is 1. The van der Waals surface area contributed by atoms with Gasteiger partial charge in [0.15, 0.2) is 0 Å². The Balaban J connectivity index is 2.38. The number of aliphatic carboxylic acids is 1. The fraction of sp³-hybridized carbons (Fsp3) is 0.500. The first kappa shape index (κ1) is 15.9. The summed E-state index contributed by atoms with van der Waals surface area (Å²) in [6.07, 6.45) is 3.83. The highest BCUT2D eigenvalue weighted by Crippen LogP contribution is 2.37. The number of nitrogens with zero attached hydrogens (tertiary/aromatic N) is 2. The fourth-order valence-electron chi connectivity index (χ4n) is 2.67. The molecule has 1 aliphatic rings. The Bertz CT molecular complexity index is 537. The summed E-state index contributed by atoms with van der Waals surface area (Å²) < 4.78 is 5.79. The van der Waals surface area contributed by atoms with Gasteiger partial charge in [0.05, 0.1) is 18.6 Å². The molecule has 1 N–H and O–H groups in total. The van der Waals surface area contributed by atoms with Crippen LogP contribution in [0.15, 0.2) is 22.9 Å². The van der Waals surface area contributed by atoms with Crippen LogP contribution in [0, 0.1) is 5.92 Å². The molecule has 0 bridgehead atoms. The van der Waals surface area contributed by atoms with Gasteiger partial charge in [-0.3, -0.25) is 14.6 Å². The number of halogens is 1. The van der Waals surface area contributed by atoms with E-state index < -0.39 is 17.9 Å². The number of carbonyl (C=O) groups is 2. The molecular weight excluding hydrogens is 340 g/mol. The maximum Gasteiger partial charge on any atom is 0.308 e. The second kappa shape index (κ2) is 7.00. The molecule has 2 heterocycles. The summed E-state index contributed by atoms with van der Waals surface area (Å²) in [7, 11) is 1.55. The number of ether oxygens (including phenoxy) is 1. The summed E-state index contributed by atoms with van der Waals surface area (Å²) in [5.41, 5.74) is 0.723. The van der Waals surface area contributed by atoms with Gasteiger partial charge >= 0.3 is 5.97 Å². The minimum Gasteiger partial charge on any atom is -0.481 e. The highest BCUT2D eigenvalue weighted by molar-refractivity contribution is 9.10. The Morgan fingerprint density at radius 1 is 1.57 bits per heavy atom. The third-order valence-electron chi connectivity index (χ3n) is 3.63. The smallest absolute Gasteiger partial charge is 0.308 e. The van der Waals surface area contributed by atoms with Crippen LogP contribution in [0.2, 0.25) is 0 Å². The van der Waals surface area contributed by atoms with E-state index >= 15 is 0 Å². The topological polar surface area (TPSA) is 79.7 Å². The Hall–Kier alpha value is -1.47. The van der Waals surface area contributed by atoms with E-state index in [2.05, 4.69) is 20.9 Å². The predicted octanol–water partition coefficient (Wildman–Crippen LogP) is 1.85. The number of pyridine rings is 1. The standard InChI is InChI=1S/C14H17BrN2O4/c1-21-5-4-17-12(18)3-2-11(14(19)20)13(17)9-6-10(15)8-16-7-9/h6-8,11,13H,2-5H2,1H3,(H,19,20). The first-order valence-electron chi connectivity index (χ1n) is 6.66. The third-order valence-corrected chi connectivity index (χ3v) is 4.06. The van der Waals surface area contributed by atoms with Crippen molar-refractivity contribution in [1.29, 1.82) is 0 Å². The first-order valence-corrected chi connectivity index (χ1v) is 7.45. The summed E-state index contributed by atoms with van der Waals surface area (Å²) in [6, 6.07) is 1.30. The Morgan fingerprint density at radius 2 is 2.33 bits per heavy atom. The lowest BCUT2D eigenvalue weighted by atomic mass is 9.85. The molecule has 0 aliphatic carbocycles. The van der Waals surface area contributed by atoms with E-state index in [0.717, 1.165) is 10.0 Å². The zero-order valence-corrected chi connectivity index (χ0v) is 13.2. The molecule has 1 aromatic rings. The van der Waals surface area contributed by atoms with Crippen LogP contribution < -0.4 is 0 Å². The van der Waals surface area contributed by atoms with Crippen molar-refractivity contribution in [3.63, 3.8) is 0 Å². The molecule has 1 amide bonds. The van der Waals surface area contributed by atoms with Crippen molar-refractivity contribution in [3.05, 3.63) is 28.5 Å². The summed E-state index contributed by atoms with van der Waals surface area (Å²) in [4.78, 5) is 29.4. The SMILES string of the molecule is COCCN1C(=O)CCC(C(=O)O)C1c1cncc(Br)c1. The van der Waals surface area contributed by atoms with Crippen LogP contribution in [0.1, 0.15) is 24.4 Å². The maximum atomic E-state index is 12.2. The van der Waals surface area contributed by atoms with Gasteiger partial charge in [-0.05, 0) is 34.0 Å². The number of piperidine rings is 1. The van der Waals surface area contributed by atoms with Crippen LogP contribution in [0.5, 0.6) is 0 Å². The molecule has 0 saturated carbocycles. The molecule has 1 fully saturated rings. The number of carbonyl (C=O) groups excluding carboxylic acids is 1. The van der Waals surface area contributed by atoms with Gasteiger partial charge in [-0.2, -0.15) is 0 Å². The molecule has 1 aliphatic heterocycles. The van der Waals surface area contributed by atoms with Crippen molar-refractivity contribution in [3.8, 4) is 0 Å². The monoisotopic (exact) mass is 356 g/mol. The number of aromatic nitrogens is 1. The normalized spacial score (nSPS) is 22.4. The van der Waals surface area contributed by atoms with E-state index in [0.29, 0.717) is 19.6 Å². The van der Waals surface area contributed by atoms with Crippen molar-refractivity contribution in [1.82, 2.24) is 9.88 Å². The number of methoxy groups -OCH3 is 1. The van der Waals surface area contributed by atoms with Crippen molar-refractivity contribution >= 4 is 27.8 Å². The lowest BCUT2D eigenvalue weighted by molar-refractivity contribution is -0.152. The molecule has 1 aromatic heterocycles. The van der Waals surface area contributed by atoms with E-state index in [9.17, 15) is 14.7 Å². The number of rotatable bonds is 5. The Kier molecular flexibility index (Phi) is 5.30. The third kappa shape index (κ3) is 3.59. The lowest BCUT2D eigenvalue weighted by Crippen LogP contribution is -2.46. The van der Waals surface area contributed by atoms with E-state index in [1.54, 1.807) is 24.4 Å². The Labute approximate surface area is 131 Å². The summed E-state index contributed by atoms with van der Waals surface area (Å²) >= 11 is 3.34. The molecule has 0 aromatic carbocycles. The summed E-state index contributed by atoms with van der Waals surface area (Å²) in [5, 5.41) is 9.47. The molecule has 1 saturated heterocycles. The minimum atomic E-state index is -0.894. The molecule has 7 heteroatoms. The maximum absolute atomic E-state index is 12.2. The molecule has 2 atom stereocenters. The van der Waals surface area contributed by atoms with Crippen LogP contribution in [0.3, 0.4) is 0 Å². The zero-order chi connectivity index (χ0) is 15.4. The van der Waals surface area contributed by atoms with Gasteiger partial charge in [-0.1, -0.05) is 0 Å². The van der Waals surface area contributed by atoms with Crippen LogP contribution in [0.25, 0.3) is 0 Å². The van der Waals surface area contributed by atoms with Crippen LogP contribution in [-0.4, -0.2) is 47.1 Å². The number of likely N-dealkylation sites (tertiary alicyclic amines) is 1. The fourth-order valence-corrected chi connectivity index (χ4v) is 3.05. The second-order valence-electron chi connectivity index (χ2n) is 4.94. The van der Waals surface area contributed by atoms with E-state index in [1.165, 1.54) is 0 Å². The van der Waals surface area contributed by atoms with E-state index in [-0.39, 0.29) is 12.3 Å². The minimum absolute atomic E-state index is 0.0467. The lowest BCUT2D eigenvalue weighted by Gasteiger charge is -2.39. The Morgan fingerprint density at radius 3 is 2.95 bits per heavy atom. The number of hydrogen-bond acceptors (Lipinski definition) is 4. The molecule has 114 valence electrons. The van der Waals surface area contributed by atoms with Crippen molar-refractivity contribution in [2.45, 2.75) is 18.9 Å². The van der Waals surface area contributed by atoms with Crippen molar-refractivity contribution < 1.29 is 19.4 Å². The van der Waals surface area contributed by atoms with Gasteiger partial charge < -0.3 is 14.7 Å². The van der Waals surface area contributed by atoms with E-state index in [1.807, 2.05) is 6.07 Å². The van der Waals surface area contributed by atoms with Gasteiger partial charge in [-0.15, -0.1) is 0 Å². The van der Waals surface area contributed by atoms with Crippen LogP contribution >= 0.6 is 15.9 Å². The van der Waals surface area contributed by atoms with Crippen molar-refractivity contribution in [2.75, 3.05) is 20.3 Å². The number of carboxylic acid groups (broad SMARTS) is 1. The van der Waals surface area contributed by atoms with Gasteiger partial charge in [-0.25, -0.2) is 0 Å². The number of hydrogen-bond donors (Lipinski definition) is 1. The molecule has 2 unspecified atom stereocenters. The molecule has 21 heavy (non-hydrogen) atoms. The average molecular weight is 357 g/mol. The molecule has 0 spiro atoms. The second-order valence-corrected chi connectivity index (χ2v) is 5.86. The highest BCUT2D eigenvalue weighted by Gasteiger charge is 2.40. The van der Waals surface area contributed by atoms with Gasteiger partial charge in [0.1, 0.15) is 0 Å². The van der Waals surface area contributed by atoms with Gasteiger partial charge in [0, 0.05) is 36.9 Å². The molecule has 0 radical (unpaired) electrons. The number of amides is 1. The first-order chi connectivity index (χ1) is 10.0. The quantitative estimate of drug-likeness (QED) is 0.870. The van der Waals surface area contributed by atoms with Crippen LogP contribution in [0.4, 0.5) is 0 Å². The highest BCUT2D eigenvalue weighted by atomic mass is 79.9. The average Bonchev–Trinajstić information content (AvgIpc) is 2.45. The zero-order valence-electron chi connectivity index (χ0n) is 11.7. The molecule has 2 rings (SSSR count). The largest absolute Gasteiger partial charge is 0.481 e. The van der Waals surface area contributed by atoms with Crippen molar-refractivity contribution in [2.24, 2.45) is 5.92 Å². The molecular formula is C14H17BrN2O4. The van der Waals surface area contributed by atoms with Crippen LogP contribution in [-0.2, 0) is 14.3 Å². The van der Waals surface area contributed by atoms with Gasteiger partial charge in [0.25, 0.3) is 0 Å². The predicted molar refractivity (Wildman–Crippen MR) is 78.6 cm³/mol. The summed E-state index contributed by atoms with van der Waals surface area (Å²) in [6.45, 7) is 0.742. The van der Waals surface area contributed by atoms with Gasteiger partial charge in [0.2, 0.25) is 5.91 Å². The van der Waals surface area contributed by atoms with E-state index in [4.69, 9.17) is 4.74 Å². The summed E-state index contributed by atoms with van der Waals surface area (Å²) in [5.74, 6) is -1.57. The molecule has 6 nitrogen and oxygen atoms in total.